The van der Waals surface area contributed by atoms with Gasteiger partial charge in [0.15, 0.2) is 6.04 Å². The number of azo groups is 1. The number of halogens is 1. The van der Waals surface area contributed by atoms with Crippen molar-refractivity contribution in [2.24, 2.45) is 15.3 Å². The fraction of sp³-hybridized carbons (Fsp3) is 0.190. The highest BCUT2D eigenvalue weighted by Gasteiger charge is 2.39. The van der Waals surface area contributed by atoms with Crippen molar-refractivity contribution >= 4 is 58.0 Å². The number of hydrogen-bond donors (Lipinski definition) is 0. The Kier molecular flexibility index (Phi) is 7.21. The van der Waals surface area contributed by atoms with Crippen LogP contribution in [0.25, 0.3) is 0 Å². The third-order valence-electron chi connectivity index (χ3n) is 4.61. The van der Waals surface area contributed by atoms with Crippen LogP contribution in [0, 0.1) is 10.1 Å². The molecular weight excluding hydrogens is 468 g/mol. The molecule has 2 aromatic rings. The molecule has 0 fully saturated rings. The zero-order chi connectivity index (χ0) is 25.0. The second kappa shape index (κ2) is 10.1. The largest absolute Gasteiger partial charge is 0.282 e. The normalized spacial score (nSPS) is 15.4. The van der Waals surface area contributed by atoms with Crippen LogP contribution in [0.5, 0.6) is 0 Å². The van der Waals surface area contributed by atoms with Crippen LogP contribution in [0.15, 0.2) is 63.9 Å². The van der Waals surface area contributed by atoms with E-state index in [-0.39, 0.29) is 22.8 Å². The molecule has 0 saturated heterocycles. The lowest BCUT2D eigenvalue weighted by Gasteiger charge is -2.20. The van der Waals surface area contributed by atoms with E-state index in [1.54, 1.807) is 0 Å². The number of hydrogen-bond acceptors (Lipinski definition) is 9. The highest BCUT2D eigenvalue weighted by Crippen LogP contribution is 2.23. The molecule has 2 aromatic carbocycles. The number of anilines is 1. The molecular formula is C21H17ClN6O6. The minimum atomic E-state index is -1.24. The molecule has 0 aliphatic carbocycles. The Morgan fingerprint density at radius 2 is 1.88 bits per heavy atom. The number of nitro groups is 1. The van der Waals surface area contributed by atoms with Crippen LogP contribution in [-0.4, -0.2) is 45.3 Å². The number of nitro benzene ring substituents is 1. The molecule has 13 heteroatoms. The number of rotatable bonds is 6. The first-order valence-electron chi connectivity index (χ1n) is 9.74. The molecule has 0 spiro atoms. The van der Waals surface area contributed by atoms with Gasteiger partial charge in [-0.3, -0.25) is 34.2 Å². The van der Waals surface area contributed by atoms with Gasteiger partial charge < -0.3 is 0 Å². The third-order valence-corrected chi connectivity index (χ3v) is 4.87. The first-order chi connectivity index (χ1) is 16.1. The predicted molar refractivity (Wildman–Crippen MR) is 121 cm³/mol. The summed E-state index contributed by atoms with van der Waals surface area (Å²) < 4.78 is 0. The Morgan fingerprint density at radius 1 is 1.21 bits per heavy atom. The maximum Gasteiger partial charge on any atom is 0.282 e. The quantitative estimate of drug-likeness (QED) is 0.265. The van der Waals surface area contributed by atoms with E-state index >= 15 is 0 Å². The minimum Gasteiger partial charge on any atom is -0.274 e. The van der Waals surface area contributed by atoms with Crippen LogP contribution in [0.3, 0.4) is 0 Å². The van der Waals surface area contributed by atoms with Gasteiger partial charge in [-0.2, -0.15) is 20.3 Å². The fourth-order valence-corrected chi connectivity index (χ4v) is 3.16. The van der Waals surface area contributed by atoms with Gasteiger partial charge in [0, 0.05) is 24.1 Å². The van der Waals surface area contributed by atoms with Gasteiger partial charge in [0.05, 0.1) is 22.0 Å². The summed E-state index contributed by atoms with van der Waals surface area (Å²) in [6.07, 6.45) is -0.806. The van der Waals surface area contributed by atoms with Crippen molar-refractivity contribution < 1.29 is 24.1 Å². The van der Waals surface area contributed by atoms with Crippen molar-refractivity contribution in [2.75, 3.05) is 4.90 Å². The zero-order valence-corrected chi connectivity index (χ0v) is 18.7. The van der Waals surface area contributed by atoms with E-state index in [0.717, 1.165) is 11.8 Å². The molecule has 174 valence electrons. The molecule has 4 amide bonds. The molecule has 0 saturated carbocycles. The molecule has 1 atom stereocenters. The van der Waals surface area contributed by atoms with E-state index in [4.69, 9.17) is 11.6 Å². The molecule has 3 rings (SSSR count). The first-order valence-corrected chi connectivity index (χ1v) is 10.1. The van der Waals surface area contributed by atoms with Crippen LogP contribution in [0.4, 0.5) is 17.1 Å². The Labute approximate surface area is 197 Å². The summed E-state index contributed by atoms with van der Waals surface area (Å²) in [5.41, 5.74) is 0.285. The molecule has 1 aliphatic heterocycles. The average Bonchev–Trinajstić information content (AvgIpc) is 3.07. The Hall–Kier alpha value is -4.32. The summed E-state index contributed by atoms with van der Waals surface area (Å²) in [5, 5.41) is 23.3. The maximum absolute atomic E-state index is 12.7. The Balaban J connectivity index is 1.72. The number of amides is 4. The van der Waals surface area contributed by atoms with Crippen molar-refractivity contribution in [1.82, 2.24) is 5.01 Å². The van der Waals surface area contributed by atoms with Crippen molar-refractivity contribution in [3.8, 4) is 0 Å². The monoisotopic (exact) mass is 484 g/mol. The maximum atomic E-state index is 12.7. The summed E-state index contributed by atoms with van der Waals surface area (Å²) in [5.74, 6) is -3.29. The van der Waals surface area contributed by atoms with E-state index in [1.807, 2.05) is 0 Å². The average molecular weight is 485 g/mol. The Bertz CT molecular complexity index is 1240. The fourth-order valence-electron chi connectivity index (χ4n) is 3.04. The summed E-state index contributed by atoms with van der Waals surface area (Å²) in [6, 6.07) is 9.93. The van der Waals surface area contributed by atoms with Crippen LogP contribution in [-0.2, 0) is 19.2 Å². The molecule has 0 aromatic heterocycles. The van der Waals surface area contributed by atoms with Crippen molar-refractivity contribution in [3.63, 3.8) is 0 Å². The van der Waals surface area contributed by atoms with Gasteiger partial charge >= 0.3 is 0 Å². The number of nitrogens with zero attached hydrogens (tertiary/aromatic N) is 6. The lowest BCUT2D eigenvalue weighted by Crippen LogP contribution is -2.41. The van der Waals surface area contributed by atoms with E-state index in [9.17, 15) is 29.3 Å². The molecule has 0 N–H and O–H groups in total. The number of carbonyl (C=O) groups is 4. The standard InChI is InChI=1S/C21H17ClN6O6/c1-12-20(24-23-15-4-3-5-17(10-15)28(33)34)21(32)27(25-12)19(31)11-18(30)26(13(2)29)16-8-6-14(22)7-9-16/h3-10,20H,11H2,1-2H3/t20-/m1/s1. The highest BCUT2D eigenvalue weighted by atomic mass is 35.5. The van der Waals surface area contributed by atoms with E-state index in [0.29, 0.717) is 10.0 Å². The van der Waals surface area contributed by atoms with Gasteiger partial charge in [0.2, 0.25) is 11.8 Å². The minimum absolute atomic E-state index is 0.134. The molecule has 12 nitrogen and oxygen atoms in total. The van der Waals surface area contributed by atoms with Crippen molar-refractivity contribution in [1.29, 1.82) is 0 Å². The van der Waals surface area contributed by atoms with Gasteiger partial charge in [-0.15, -0.1) is 0 Å². The van der Waals surface area contributed by atoms with Crippen LogP contribution in [0.2, 0.25) is 5.02 Å². The molecule has 1 aliphatic rings. The summed E-state index contributed by atoms with van der Waals surface area (Å²) >= 11 is 5.83. The molecule has 0 bridgehead atoms. The van der Waals surface area contributed by atoms with Gasteiger partial charge in [-0.05, 0) is 37.3 Å². The number of carbonyl (C=O) groups excluding carboxylic acids is 4. The molecule has 0 unspecified atom stereocenters. The second-order valence-electron chi connectivity index (χ2n) is 7.08. The SMILES string of the molecule is CC(=O)N(C(=O)CC(=O)N1N=C(C)[C@@H](N=Nc2cccc([N+](=O)[O-])c2)C1=O)c1ccc(Cl)cc1. The molecule has 1 heterocycles. The van der Waals surface area contributed by atoms with Crippen LogP contribution >= 0.6 is 11.6 Å². The number of imide groups is 2. The number of hydrazone groups is 1. The lowest BCUT2D eigenvalue weighted by molar-refractivity contribution is -0.384. The Morgan fingerprint density at radius 3 is 2.50 bits per heavy atom. The van der Waals surface area contributed by atoms with E-state index in [1.165, 1.54) is 55.5 Å². The smallest absolute Gasteiger partial charge is 0.274 e. The highest BCUT2D eigenvalue weighted by molar-refractivity contribution is 6.30. The second-order valence-corrected chi connectivity index (χ2v) is 7.52. The molecule has 34 heavy (non-hydrogen) atoms. The lowest BCUT2D eigenvalue weighted by atomic mass is 10.2. The summed E-state index contributed by atoms with van der Waals surface area (Å²) in [6.45, 7) is 2.60. The first kappa shape index (κ1) is 24.3. The van der Waals surface area contributed by atoms with E-state index in [2.05, 4.69) is 15.3 Å². The predicted octanol–water partition coefficient (Wildman–Crippen LogP) is 3.42. The van der Waals surface area contributed by atoms with Crippen molar-refractivity contribution in [3.05, 3.63) is 63.7 Å². The van der Waals surface area contributed by atoms with Gasteiger partial charge in [0.25, 0.3) is 17.5 Å². The third kappa shape index (κ3) is 5.35. The zero-order valence-electron chi connectivity index (χ0n) is 17.9. The topological polar surface area (TPSA) is 155 Å². The molecule has 0 radical (unpaired) electrons. The summed E-state index contributed by atoms with van der Waals surface area (Å²) in [4.78, 5) is 61.1. The van der Waals surface area contributed by atoms with Crippen LogP contribution < -0.4 is 4.90 Å². The number of non-ortho nitro benzene ring substituents is 1. The van der Waals surface area contributed by atoms with Gasteiger partial charge in [-0.25, -0.2) is 0 Å². The van der Waals surface area contributed by atoms with E-state index < -0.39 is 41.0 Å². The van der Waals surface area contributed by atoms with Crippen molar-refractivity contribution in [2.45, 2.75) is 26.3 Å². The van der Waals surface area contributed by atoms with Crippen LogP contribution in [0.1, 0.15) is 20.3 Å². The summed E-state index contributed by atoms with van der Waals surface area (Å²) in [7, 11) is 0. The van der Waals surface area contributed by atoms with Gasteiger partial charge in [-0.1, -0.05) is 17.7 Å². The number of benzene rings is 2. The van der Waals surface area contributed by atoms with Gasteiger partial charge in [0.1, 0.15) is 6.42 Å².